The third-order valence-electron chi connectivity index (χ3n) is 5.23. The maximum absolute atomic E-state index is 12.3. The SMILES string of the molecule is Cc1ccc(S(=O)(=O)NN=Cc2cc3c4c(c2O)CCCN4CCC3)cc1. The van der Waals surface area contributed by atoms with Crippen LogP contribution >= 0.6 is 0 Å². The van der Waals surface area contributed by atoms with E-state index in [2.05, 4.69) is 14.8 Å². The van der Waals surface area contributed by atoms with Gasteiger partial charge < -0.3 is 10.0 Å². The fourth-order valence-electron chi connectivity index (χ4n) is 3.90. The van der Waals surface area contributed by atoms with E-state index in [-0.39, 0.29) is 10.6 Å². The first-order valence-electron chi connectivity index (χ1n) is 9.20. The van der Waals surface area contributed by atoms with Gasteiger partial charge in [-0.3, -0.25) is 0 Å². The molecule has 0 spiro atoms. The standard InChI is InChI=1S/C20H23N3O3S/c1-14-6-8-17(9-7-14)27(25,26)22-21-13-16-12-15-4-2-10-23-11-3-5-18(19(15)23)20(16)24/h6-9,12-13,22,24H,2-5,10-11H2,1H3. The van der Waals surface area contributed by atoms with Crippen LogP contribution in [-0.2, 0) is 22.9 Å². The van der Waals surface area contributed by atoms with Crippen molar-refractivity contribution >= 4 is 21.9 Å². The number of sulfonamides is 1. The van der Waals surface area contributed by atoms with Gasteiger partial charge in [-0.1, -0.05) is 17.7 Å². The van der Waals surface area contributed by atoms with Gasteiger partial charge in [0.1, 0.15) is 5.75 Å². The summed E-state index contributed by atoms with van der Waals surface area (Å²) in [7, 11) is -3.73. The summed E-state index contributed by atoms with van der Waals surface area (Å²) in [5.74, 6) is 0.207. The van der Waals surface area contributed by atoms with E-state index in [1.54, 1.807) is 24.3 Å². The maximum Gasteiger partial charge on any atom is 0.276 e. The van der Waals surface area contributed by atoms with Crippen LogP contribution in [0.1, 0.15) is 35.1 Å². The second-order valence-electron chi connectivity index (χ2n) is 7.16. The highest BCUT2D eigenvalue weighted by Gasteiger charge is 2.27. The Hall–Kier alpha value is -2.54. The molecule has 0 fully saturated rings. The molecule has 7 heteroatoms. The molecule has 4 rings (SSSR count). The van der Waals surface area contributed by atoms with Crippen molar-refractivity contribution < 1.29 is 13.5 Å². The first kappa shape index (κ1) is 17.9. The van der Waals surface area contributed by atoms with Crippen molar-refractivity contribution in [3.8, 4) is 5.75 Å². The summed E-state index contributed by atoms with van der Waals surface area (Å²) < 4.78 is 24.7. The van der Waals surface area contributed by atoms with E-state index in [1.165, 1.54) is 17.5 Å². The topological polar surface area (TPSA) is 82.0 Å². The first-order valence-corrected chi connectivity index (χ1v) is 10.7. The zero-order valence-electron chi connectivity index (χ0n) is 15.3. The number of benzene rings is 2. The van der Waals surface area contributed by atoms with Gasteiger partial charge >= 0.3 is 0 Å². The number of phenolic OH excluding ortho intramolecular Hbond substituents is 1. The molecule has 2 N–H and O–H groups in total. The lowest BCUT2D eigenvalue weighted by atomic mass is 9.89. The van der Waals surface area contributed by atoms with Crippen molar-refractivity contribution in [3.63, 3.8) is 0 Å². The highest BCUT2D eigenvalue weighted by Crippen LogP contribution is 2.41. The molecule has 0 saturated carbocycles. The van der Waals surface area contributed by atoms with E-state index in [4.69, 9.17) is 0 Å². The van der Waals surface area contributed by atoms with Crippen LogP contribution in [0.15, 0.2) is 40.3 Å². The van der Waals surface area contributed by atoms with E-state index >= 15 is 0 Å². The van der Waals surface area contributed by atoms with Crippen molar-refractivity contribution in [2.24, 2.45) is 5.10 Å². The molecule has 2 aliphatic heterocycles. The summed E-state index contributed by atoms with van der Waals surface area (Å²) >= 11 is 0. The minimum atomic E-state index is -3.73. The molecule has 0 bridgehead atoms. The van der Waals surface area contributed by atoms with Gasteiger partial charge in [-0.15, -0.1) is 0 Å². The number of nitrogens with zero attached hydrogens (tertiary/aromatic N) is 2. The molecular weight excluding hydrogens is 362 g/mol. The van der Waals surface area contributed by atoms with Crippen molar-refractivity contribution in [3.05, 3.63) is 52.6 Å². The Bertz CT molecular complexity index is 996. The van der Waals surface area contributed by atoms with Gasteiger partial charge in [0.25, 0.3) is 10.0 Å². The number of hydrogen-bond donors (Lipinski definition) is 2. The lowest BCUT2D eigenvalue weighted by molar-refractivity contribution is 0.461. The molecule has 0 unspecified atom stereocenters. The normalized spacial score (nSPS) is 16.4. The smallest absolute Gasteiger partial charge is 0.276 e. The van der Waals surface area contributed by atoms with E-state index in [0.717, 1.165) is 49.9 Å². The largest absolute Gasteiger partial charge is 0.507 e. The van der Waals surface area contributed by atoms with E-state index in [1.807, 2.05) is 13.0 Å². The number of hydrogen-bond acceptors (Lipinski definition) is 5. The zero-order chi connectivity index (χ0) is 19.0. The number of rotatable bonds is 4. The number of hydrazone groups is 1. The fraction of sp³-hybridized carbons (Fsp3) is 0.350. The molecule has 142 valence electrons. The lowest BCUT2D eigenvalue weighted by Crippen LogP contribution is -2.34. The Morgan fingerprint density at radius 3 is 2.59 bits per heavy atom. The Labute approximate surface area is 159 Å². The van der Waals surface area contributed by atoms with Gasteiger partial charge in [0, 0.05) is 29.9 Å². The van der Waals surface area contributed by atoms with Crippen LogP contribution in [0.25, 0.3) is 0 Å². The molecule has 0 aromatic heterocycles. The van der Waals surface area contributed by atoms with Crippen LogP contribution < -0.4 is 9.73 Å². The highest BCUT2D eigenvalue weighted by atomic mass is 32.2. The quantitative estimate of drug-likeness (QED) is 0.626. The van der Waals surface area contributed by atoms with Crippen molar-refractivity contribution in [2.75, 3.05) is 18.0 Å². The molecule has 6 nitrogen and oxygen atoms in total. The molecule has 27 heavy (non-hydrogen) atoms. The number of anilines is 1. The summed E-state index contributed by atoms with van der Waals surface area (Å²) in [6.45, 7) is 3.96. The van der Waals surface area contributed by atoms with E-state index in [9.17, 15) is 13.5 Å². The third kappa shape index (κ3) is 3.39. The molecule has 0 atom stereocenters. The van der Waals surface area contributed by atoms with Gasteiger partial charge in [-0.2, -0.15) is 13.5 Å². The van der Waals surface area contributed by atoms with Gasteiger partial charge in [0.2, 0.25) is 0 Å². The summed E-state index contributed by atoms with van der Waals surface area (Å²) in [4.78, 5) is 4.73. The predicted octanol–water partition coefficient (Wildman–Crippen LogP) is 2.71. The van der Waals surface area contributed by atoms with E-state index < -0.39 is 10.0 Å². The summed E-state index contributed by atoms with van der Waals surface area (Å²) in [6, 6.07) is 8.49. The molecule has 2 aromatic rings. The molecule has 2 aromatic carbocycles. The van der Waals surface area contributed by atoms with Crippen LogP contribution in [0.5, 0.6) is 5.75 Å². The molecule has 0 aliphatic carbocycles. The maximum atomic E-state index is 12.3. The molecule has 2 heterocycles. The average Bonchev–Trinajstić information content (AvgIpc) is 2.66. The zero-order valence-corrected chi connectivity index (χ0v) is 16.1. The Morgan fingerprint density at radius 2 is 1.85 bits per heavy atom. The van der Waals surface area contributed by atoms with Gasteiger partial charge in [-0.25, -0.2) is 4.83 Å². The van der Waals surface area contributed by atoms with Crippen LogP contribution in [0.2, 0.25) is 0 Å². The first-order chi connectivity index (χ1) is 13.0. The molecule has 0 radical (unpaired) electrons. The van der Waals surface area contributed by atoms with Gasteiger partial charge in [0.15, 0.2) is 0 Å². The number of aryl methyl sites for hydroxylation is 2. The fourth-order valence-corrected chi connectivity index (χ4v) is 4.69. The Balaban J connectivity index is 1.60. The van der Waals surface area contributed by atoms with Crippen LogP contribution in [0.3, 0.4) is 0 Å². The lowest BCUT2D eigenvalue weighted by Gasteiger charge is -2.37. The molecular formula is C20H23N3O3S. The second kappa shape index (κ2) is 6.88. The number of phenols is 1. The Morgan fingerprint density at radius 1 is 1.15 bits per heavy atom. The number of aromatic hydroxyl groups is 1. The van der Waals surface area contributed by atoms with E-state index in [0.29, 0.717) is 5.56 Å². The van der Waals surface area contributed by atoms with Crippen LogP contribution in [0, 0.1) is 6.92 Å². The highest BCUT2D eigenvalue weighted by molar-refractivity contribution is 7.89. The summed E-state index contributed by atoms with van der Waals surface area (Å²) in [6.07, 6.45) is 5.30. The Kier molecular flexibility index (Phi) is 4.55. The average molecular weight is 385 g/mol. The molecule has 2 aliphatic rings. The van der Waals surface area contributed by atoms with Crippen molar-refractivity contribution in [1.82, 2.24) is 4.83 Å². The van der Waals surface area contributed by atoms with Crippen LogP contribution in [-0.4, -0.2) is 32.8 Å². The second-order valence-corrected chi connectivity index (χ2v) is 8.82. The van der Waals surface area contributed by atoms with Crippen molar-refractivity contribution in [1.29, 1.82) is 0 Å². The summed E-state index contributed by atoms with van der Waals surface area (Å²) in [5, 5.41) is 14.6. The number of nitrogens with one attached hydrogen (secondary N) is 1. The predicted molar refractivity (Wildman–Crippen MR) is 106 cm³/mol. The minimum absolute atomic E-state index is 0.158. The monoisotopic (exact) mass is 385 g/mol. The minimum Gasteiger partial charge on any atom is -0.507 e. The van der Waals surface area contributed by atoms with Gasteiger partial charge in [-0.05, 0) is 56.4 Å². The molecule has 0 saturated heterocycles. The molecule has 0 amide bonds. The van der Waals surface area contributed by atoms with Crippen LogP contribution in [0.4, 0.5) is 5.69 Å². The van der Waals surface area contributed by atoms with Crippen molar-refractivity contribution in [2.45, 2.75) is 37.5 Å². The third-order valence-corrected chi connectivity index (χ3v) is 6.47. The summed E-state index contributed by atoms with van der Waals surface area (Å²) in [5.41, 5.74) is 4.87. The van der Waals surface area contributed by atoms with Gasteiger partial charge in [0.05, 0.1) is 11.1 Å².